The summed E-state index contributed by atoms with van der Waals surface area (Å²) in [7, 11) is 0. The number of carbonyl (C=O) groups is 1. The van der Waals surface area contributed by atoms with Crippen molar-refractivity contribution in [2.24, 2.45) is 0 Å². The van der Waals surface area contributed by atoms with E-state index in [0.717, 1.165) is 4.90 Å². The second-order valence-corrected chi connectivity index (χ2v) is 7.78. The molecule has 1 unspecified atom stereocenters. The van der Waals surface area contributed by atoms with E-state index >= 15 is 0 Å². The van der Waals surface area contributed by atoms with Crippen LogP contribution in [0.5, 0.6) is 5.75 Å². The van der Waals surface area contributed by atoms with E-state index < -0.39 is 37.7 Å². The fraction of sp³-hybridized carbons (Fsp3) is 0.333. The monoisotopic (exact) mass is 440 g/mol. The second kappa shape index (κ2) is 7.61. The van der Waals surface area contributed by atoms with Crippen LogP contribution in [0.25, 0.3) is 11.0 Å². The summed E-state index contributed by atoms with van der Waals surface area (Å²) in [6.45, 7) is -4.10. The van der Waals surface area contributed by atoms with Crippen molar-refractivity contribution in [1.82, 2.24) is 14.5 Å². The first-order valence-electron chi connectivity index (χ1n) is 11.7. The molecule has 1 amide bonds. The van der Waals surface area contributed by atoms with E-state index in [4.69, 9.17) is 8.85 Å². The molecule has 6 nitrogen and oxygen atoms in total. The first kappa shape index (κ1) is 17.2. The smallest absolute Gasteiger partial charge is 0.387 e. The molecule has 8 heteroatoms. The van der Waals surface area contributed by atoms with E-state index in [-0.39, 0.29) is 23.3 Å². The number of aromatic nitrogens is 2. The van der Waals surface area contributed by atoms with Crippen molar-refractivity contribution in [3.8, 4) is 17.6 Å². The van der Waals surface area contributed by atoms with Gasteiger partial charge in [0.2, 0.25) is 0 Å². The van der Waals surface area contributed by atoms with Crippen LogP contribution >= 0.6 is 0 Å². The van der Waals surface area contributed by atoms with Crippen molar-refractivity contribution >= 4 is 16.9 Å². The van der Waals surface area contributed by atoms with Crippen molar-refractivity contribution < 1.29 is 27.5 Å². The zero-order valence-electron chi connectivity index (χ0n) is 20.0. The molecular formula is C24H21F2N3O3. The molecule has 3 atom stereocenters. The number of benzene rings is 2. The fourth-order valence-corrected chi connectivity index (χ4v) is 4.46. The predicted octanol–water partition coefficient (Wildman–Crippen LogP) is 3.88. The van der Waals surface area contributed by atoms with Gasteiger partial charge in [-0.15, -0.1) is 0 Å². The van der Waals surface area contributed by atoms with Gasteiger partial charge in [-0.25, -0.2) is 4.98 Å². The Kier molecular flexibility index (Phi) is 4.08. The molecule has 0 saturated carbocycles. The average Bonchev–Trinajstić information content (AvgIpc) is 3.29. The number of aliphatic hydroxyl groups excluding tert-OH is 1. The van der Waals surface area contributed by atoms with Crippen LogP contribution in [0.2, 0.25) is 0 Å². The van der Waals surface area contributed by atoms with Gasteiger partial charge in [0.15, 0.2) is 0 Å². The summed E-state index contributed by atoms with van der Waals surface area (Å²) in [6.07, 6.45) is -0.155. The van der Waals surface area contributed by atoms with Gasteiger partial charge in [0.05, 0.1) is 23.1 Å². The molecule has 5 rings (SSSR count). The highest BCUT2D eigenvalue weighted by molar-refractivity contribution is 5.97. The first-order chi connectivity index (χ1) is 16.6. The molecule has 2 aliphatic rings. The Hall–Kier alpha value is -3.44. The van der Waals surface area contributed by atoms with Crippen LogP contribution in [0.1, 0.15) is 63.3 Å². The number of fused-ring (bicyclic) bond motifs is 9. The zero-order valence-corrected chi connectivity index (χ0v) is 17.0. The average molecular weight is 440 g/mol. The second-order valence-electron chi connectivity index (χ2n) is 7.78. The third-order valence-electron chi connectivity index (χ3n) is 5.92. The summed E-state index contributed by atoms with van der Waals surface area (Å²) in [5, 5.41) is 9.79. The summed E-state index contributed by atoms with van der Waals surface area (Å²) >= 11 is 0. The van der Waals surface area contributed by atoms with Crippen LogP contribution in [-0.2, 0) is 0 Å². The van der Waals surface area contributed by atoms with Crippen LogP contribution in [0.3, 0.4) is 0 Å². The third-order valence-corrected chi connectivity index (χ3v) is 5.92. The standard InChI is InChI=1S/C24H21F2N3O3/c1-3-14(30)9-7-13-8-10-16-17(11-13)29-18-12-19(22(29)27-16)28(2)23(31)15-5-4-6-20(21(15)18)32-24(25)26/h4-6,8,10-11,14,18-19,24,30H,3,12H2,1-2H3/t14?,18-,19-/m1/s1/i2D3. The quantitative estimate of drug-likeness (QED) is 0.628. The number of hydrogen-bond acceptors (Lipinski definition) is 4. The minimum atomic E-state index is -3.12. The van der Waals surface area contributed by atoms with E-state index in [0.29, 0.717) is 28.8 Å². The normalized spacial score (nSPS) is 21.7. The molecule has 0 aliphatic carbocycles. The number of ether oxygens (including phenoxy) is 1. The van der Waals surface area contributed by atoms with Gasteiger partial charge in [0.1, 0.15) is 17.7 Å². The highest BCUT2D eigenvalue weighted by Crippen LogP contribution is 2.49. The van der Waals surface area contributed by atoms with Gasteiger partial charge < -0.3 is 19.3 Å². The van der Waals surface area contributed by atoms with Crippen molar-refractivity contribution in [1.29, 1.82) is 0 Å². The molecule has 0 spiro atoms. The van der Waals surface area contributed by atoms with Crippen LogP contribution in [0.4, 0.5) is 8.78 Å². The highest BCUT2D eigenvalue weighted by atomic mass is 19.3. The number of amides is 1. The molecule has 2 aliphatic heterocycles. The van der Waals surface area contributed by atoms with E-state index in [9.17, 15) is 18.7 Å². The Morgan fingerprint density at radius 2 is 2.19 bits per heavy atom. The third kappa shape index (κ3) is 3.12. The lowest BCUT2D eigenvalue weighted by Gasteiger charge is -2.24. The molecule has 3 heterocycles. The number of carbonyl (C=O) groups excluding carboxylic acids is 1. The summed E-state index contributed by atoms with van der Waals surface area (Å²) in [6, 6.07) is 7.83. The van der Waals surface area contributed by atoms with Crippen molar-refractivity contribution in [3.63, 3.8) is 0 Å². The lowest BCUT2D eigenvalue weighted by atomic mass is 9.97. The lowest BCUT2D eigenvalue weighted by Crippen LogP contribution is -2.30. The summed E-state index contributed by atoms with van der Waals surface area (Å²) in [4.78, 5) is 18.8. The van der Waals surface area contributed by atoms with Gasteiger partial charge >= 0.3 is 6.61 Å². The molecule has 164 valence electrons. The molecule has 0 fully saturated rings. The maximum atomic E-state index is 13.4. The molecule has 1 N–H and O–H groups in total. The predicted molar refractivity (Wildman–Crippen MR) is 114 cm³/mol. The number of imidazole rings is 1. The van der Waals surface area contributed by atoms with Crippen LogP contribution in [0, 0.1) is 11.8 Å². The Morgan fingerprint density at radius 3 is 2.94 bits per heavy atom. The SMILES string of the molecule is [2H]C([2H])([2H])N1C(=O)c2cccc(OC(F)F)c2[C@H]2C[C@@H]1c1nc3ccc(C#CC(O)CC)cc3n12. The van der Waals surface area contributed by atoms with Crippen molar-refractivity contribution in [2.45, 2.75) is 44.6 Å². The van der Waals surface area contributed by atoms with E-state index in [1.165, 1.54) is 18.2 Å². The van der Waals surface area contributed by atoms with Gasteiger partial charge in [-0.1, -0.05) is 24.8 Å². The minimum Gasteiger partial charge on any atom is -0.434 e. The largest absolute Gasteiger partial charge is 0.434 e. The van der Waals surface area contributed by atoms with Crippen LogP contribution in [-0.4, -0.2) is 45.2 Å². The van der Waals surface area contributed by atoms with Crippen molar-refractivity contribution in [3.05, 3.63) is 58.9 Å². The van der Waals surface area contributed by atoms with E-state index in [1.54, 1.807) is 22.8 Å². The van der Waals surface area contributed by atoms with Gasteiger partial charge in [-0.3, -0.25) is 4.79 Å². The first-order valence-corrected chi connectivity index (χ1v) is 10.2. The van der Waals surface area contributed by atoms with Gasteiger partial charge in [0, 0.05) is 34.2 Å². The highest BCUT2D eigenvalue weighted by Gasteiger charge is 2.44. The summed E-state index contributed by atoms with van der Waals surface area (Å²) < 4.78 is 57.2. The molecule has 2 aromatic carbocycles. The number of halogens is 2. The zero-order chi connectivity index (χ0) is 25.1. The summed E-state index contributed by atoms with van der Waals surface area (Å²) in [5.41, 5.74) is 1.97. The molecule has 0 radical (unpaired) electrons. The maximum absolute atomic E-state index is 13.4. The number of alkyl halides is 2. The maximum Gasteiger partial charge on any atom is 0.387 e. The van der Waals surface area contributed by atoms with E-state index in [1.807, 2.05) is 6.92 Å². The van der Waals surface area contributed by atoms with E-state index in [2.05, 4.69) is 16.8 Å². The molecule has 0 saturated heterocycles. The van der Waals surface area contributed by atoms with Crippen molar-refractivity contribution in [2.75, 3.05) is 6.98 Å². The lowest BCUT2D eigenvalue weighted by molar-refractivity contribution is -0.0507. The van der Waals surface area contributed by atoms with Gasteiger partial charge in [-0.2, -0.15) is 8.78 Å². The Morgan fingerprint density at radius 1 is 1.34 bits per heavy atom. The molecule has 1 aromatic heterocycles. The Balaban J connectivity index is 1.77. The number of rotatable bonds is 3. The van der Waals surface area contributed by atoms with Gasteiger partial charge in [0.25, 0.3) is 5.91 Å². The Bertz CT molecular complexity index is 1390. The molecular weight excluding hydrogens is 416 g/mol. The number of nitrogens with zero attached hydrogens (tertiary/aromatic N) is 3. The minimum absolute atomic E-state index is 0.00119. The topological polar surface area (TPSA) is 67.6 Å². The fourth-order valence-electron chi connectivity index (χ4n) is 4.46. The summed E-state index contributed by atoms with van der Waals surface area (Å²) in [5.74, 6) is 5.06. The Labute approximate surface area is 187 Å². The number of hydrogen-bond donors (Lipinski definition) is 1. The van der Waals surface area contributed by atoms with Crippen LogP contribution < -0.4 is 4.74 Å². The van der Waals surface area contributed by atoms with Gasteiger partial charge in [-0.05, 0) is 36.8 Å². The molecule has 3 aromatic rings. The van der Waals surface area contributed by atoms with Crippen LogP contribution in [0.15, 0.2) is 36.4 Å². The molecule has 32 heavy (non-hydrogen) atoms. The number of aliphatic hydroxyl groups is 1. The molecule has 2 bridgehead atoms.